The molecule has 0 bridgehead atoms. The third kappa shape index (κ3) is 4.09. The predicted octanol–water partition coefficient (Wildman–Crippen LogP) is 3.25. The highest BCUT2D eigenvalue weighted by Crippen LogP contribution is 2.37. The summed E-state index contributed by atoms with van der Waals surface area (Å²) in [5.41, 5.74) is 0. The third-order valence-corrected chi connectivity index (χ3v) is 11.9. The van der Waals surface area contributed by atoms with Crippen LogP contribution in [-0.2, 0) is 4.43 Å². The van der Waals surface area contributed by atoms with E-state index in [0.29, 0.717) is 0 Å². The Morgan fingerprint density at radius 3 is 2.17 bits per heavy atom. The maximum absolute atomic E-state index is 7.03. The smallest absolute Gasteiger partial charge is 0.261 e. The number of hydrogen-bond acceptors (Lipinski definition) is 3. The van der Waals surface area contributed by atoms with Gasteiger partial charge in [0, 0.05) is 25.7 Å². The number of nitrogens with one attached hydrogen (secondary N) is 1. The SMILES string of the molecule is CC(C)(C)[Si](OCCCN1CCC2CNC[C@H]21)(c1ccccc1)c1ccccc1. The first-order chi connectivity index (χ1) is 14.0. The minimum absolute atomic E-state index is 0.0593. The number of hydrogen-bond donors (Lipinski definition) is 1. The van der Waals surface area contributed by atoms with E-state index < -0.39 is 8.32 Å². The number of likely N-dealkylation sites (tertiary alicyclic amines) is 1. The summed E-state index contributed by atoms with van der Waals surface area (Å²) in [5, 5.41) is 6.37. The average molecular weight is 409 g/mol. The molecule has 0 saturated carbocycles. The van der Waals surface area contributed by atoms with Crippen LogP contribution >= 0.6 is 0 Å². The van der Waals surface area contributed by atoms with Crippen LogP contribution in [0.1, 0.15) is 33.6 Å². The molecule has 4 rings (SSSR count). The molecular formula is C25H36N2OSi. The van der Waals surface area contributed by atoms with Crippen LogP contribution in [0.25, 0.3) is 0 Å². The lowest BCUT2D eigenvalue weighted by molar-refractivity contribution is 0.215. The van der Waals surface area contributed by atoms with E-state index >= 15 is 0 Å². The average Bonchev–Trinajstić information content (AvgIpc) is 3.33. The van der Waals surface area contributed by atoms with Gasteiger partial charge in [0.15, 0.2) is 0 Å². The van der Waals surface area contributed by atoms with Crippen molar-refractivity contribution in [3.63, 3.8) is 0 Å². The van der Waals surface area contributed by atoms with Crippen LogP contribution in [0, 0.1) is 5.92 Å². The second-order valence-electron chi connectivity index (χ2n) is 9.68. The summed E-state index contributed by atoms with van der Waals surface area (Å²) >= 11 is 0. The van der Waals surface area contributed by atoms with Crippen LogP contribution in [0.3, 0.4) is 0 Å². The van der Waals surface area contributed by atoms with Crippen molar-refractivity contribution < 1.29 is 4.43 Å². The summed E-state index contributed by atoms with van der Waals surface area (Å²) in [4.78, 5) is 2.69. The second-order valence-corrected chi connectivity index (χ2v) is 14.0. The van der Waals surface area contributed by atoms with Crippen LogP contribution in [0.2, 0.25) is 5.04 Å². The molecule has 2 aromatic carbocycles. The van der Waals surface area contributed by atoms with Crippen LogP contribution in [-0.4, -0.2) is 52.0 Å². The fourth-order valence-corrected chi connectivity index (χ4v) is 10.1. The number of rotatable bonds is 7. The fourth-order valence-electron chi connectivity index (χ4n) is 5.47. The monoisotopic (exact) mass is 408 g/mol. The van der Waals surface area contributed by atoms with Crippen molar-refractivity contribution in [3.05, 3.63) is 60.7 Å². The Bertz CT molecular complexity index is 735. The molecule has 2 aliphatic rings. The minimum atomic E-state index is -2.38. The molecule has 1 N–H and O–H groups in total. The Morgan fingerprint density at radius 1 is 0.966 bits per heavy atom. The van der Waals surface area contributed by atoms with Gasteiger partial charge >= 0.3 is 0 Å². The van der Waals surface area contributed by atoms with E-state index in [2.05, 4.69) is 91.7 Å². The quantitative estimate of drug-likeness (QED) is 0.562. The lowest BCUT2D eigenvalue weighted by Gasteiger charge is -2.43. The maximum atomic E-state index is 7.03. The first-order valence-corrected chi connectivity index (χ1v) is 13.1. The van der Waals surface area contributed by atoms with Crippen LogP contribution in [0.5, 0.6) is 0 Å². The van der Waals surface area contributed by atoms with E-state index in [1.54, 1.807) is 0 Å². The minimum Gasteiger partial charge on any atom is -0.407 e. The van der Waals surface area contributed by atoms with E-state index in [-0.39, 0.29) is 5.04 Å². The molecule has 1 unspecified atom stereocenters. The first kappa shape index (κ1) is 20.8. The van der Waals surface area contributed by atoms with Gasteiger partial charge in [-0.1, -0.05) is 81.4 Å². The molecule has 0 amide bonds. The molecule has 0 aliphatic carbocycles. The van der Waals surface area contributed by atoms with Gasteiger partial charge in [0.1, 0.15) is 0 Å². The lowest BCUT2D eigenvalue weighted by Crippen LogP contribution is -2.66. The Balaban J connectivity index is 1.53. The molecule has 0 radical (unpaired) electrons. The zero-order chi connectivity index (χ0) is 20.3. The highest BCUT2D eigenvalue weighted by atomic mass is 28.4. The molecule has 156 valence electrons. The Hall–Kier alpha value is -1.46. The molecule has 2 heterocycles. The Morgan fingerprint density at radius 2 is 1.59 bits per heavy atom. The third-order valence-electron chi connectivity index (χ3n) is 6.89. The summed E-state index contributed by atoms with van der Waals surface area (Å²) in [6.07, 6.45) is 2.46. The van der Waals surface area contributed by atoms with Gasteiger partial charge in [-0.3, -0.25) is 4.90 Å². The Labute approximate surface area is 177 Å². The van der Waals surface area contributed by atoms with Crippen molar-refractivity contribution >= 4 is 18.7 Å². The largest absolute Gasteiger partial charge is 0.407 e. The molecule has 2 atom stereocenters. The van der Waals surface area contributed by atoms with Gasteiger partial charge in [0.05, 0.1) is 0 Å². The van der Waals surface area contributed by atoms with Crippen molar-refractivity contribution in [1.29, 1.82) is 0 Å². The van der Waals surface area contributed by atoms with E-state index in [1.165, 1.54) is 36.4 Å². The summed E-state index contributed by atoms with van der Waals surface area (Å²) in [5.74, 6) is 0.868. The van der Waals surface area contributed by atoms with Gasteiger partial charge in [-0.25, -0.2) is 0 Å². The standard InChI is InChI=1S/C25H36N2OSi/c1-25(2,3)29(22-11-6-4-7-12-22,23-13-8-5-9-14-23)28-18-10-16-27-17-15-21-19-26-20-24(21)27/h4-9,11-14,21,24,26H,10,15-20H2,1-3H3/t21?,24-/m1/s1. The fraction of sp³-hybridized carbons (Fsp3) is 0.520. The molecule has 4 heteroatoms. The van der Waals surface area contributed by atoms with Crippen LogP contribution < -0.4 is 15.7 Å². The second kappa shape index (κ2) is 8.72. The van der Waals surface area contributed by atoms with E-state index in [0.717, 1.165) is 31.5 Å². The molecule has 2 aromatic rings. The van der Waals surface area contributed by atoms with Gasteiger partial charge in [0.2, 0.25) is 0 Å². The highest BCUT2D eigenvalue weighted by molar-refractivity contribution is 6.99. The number of nitrogens with zero attached hydrogens (tertiary/aromatic N) is 1. The van der Waals surface area contributed by atoms with Crippen molar-refractivity contribution in [1.82, 2.24) is 10.2 Å². The maximum Gasteiger partial charge on any atom is 0.261 e. The lowest BCUT2D eigenvalue weighted by atomic mass is 10.1. The molecule has 29 heavy (non-hydrogen) atoms. The van der Waals surface area contributed by atoms with Gasteiger partial charge in [-0.15, -0.1) is 0 Å². The summed E-state index contributed by atoms with van der Waals surface area (Å²) in [6, 6.07) is 22.7. The van der Waals surface area contributed by atoms with Crippen LogP contribution in [0.15, 0.2) is 60.7 Å². The van der Waals surface area contributed by atoms with Crippen molar-refractivity contribution in [2.75, 3.05) is 32.8 Å². The predicted molar refractivity (Wildman–Crippen MR) is 125 cm³/mol. The molecule has 2 saturated heterocycles. The number of benzene rings is 2. The molecule has 0 spiro atoms. The summed E-state index contributed by atoms with van der Waals surface area (Å²) in [7, 11) is -2.38. The van der Waals surface area contributed by atoms with E-state index in [9.17, 15) is 0 Å². The Kier molecular flexibility index (Phi) is 6.26. The van der Waals surface area contributed by atoms with Gasteiger partial charge in [0.25, 0.3) is 8.32 Å². The molecule has 2 aliphatic heterocycles. The molecular weight excluding hydrogens is 372 g/mol. The van der Waals surface area contributed by atoms with Gasteiger partial charge < -0.3 is 9.74 Å². The van der Waals surface area contributed by atoms with Gasteiger partial charge in [-0.05, 0) is 47.3 Å². The van der Waals surface area contributed by atoms with Gasteiger partial charge in [-0.2, -0.15) is 0 Å². The topological polar surface area (TPSA) is 24.5 Å². The summed E-state index contributed by atoms with van der Waals surface area (Å²) < 4.78 is 7.03. The zero-order valence-corrected chi connectivity index (χ0v) is 19.2. The first-order valence-electron chi connectivity index (χ1n) is 11.2. The summed E-state index contributed by atoms with van der Waals surface area (Å²) in [6.45, 7) is 12.7. The highest BCUT2D eigenvalue weighted by Gasteiger charge is 2.50. The van der Waals surface area contributed by atoms with Crippen LogP contribution in [0.4, 0.5) is 0 Å². The molecule has 2 fully saturated rings. The normalized spacial score (nSPS) is 22.7. The molecule has 0 aromatic heterocycles. The molecule has 3 nitrogen and oxygen atoms in total. The van der Waals surface area contributed by atoms with E-state index in [1.807, 2.05) is 0 Å². The van der Waals surface area contributed by atoms with Crippen molar-refractivity contribution in [2.24, 2.45) is 5.92 Å². The van der Waals surface area contributed by atoms with Crippen molar-refractivity contribution in [3.8, 4) is 0 Å². The number of fused-ring (bicyclic) bond motifs is 1. The zero-order valence-electron chi connectivity index (χ0n) is 18.2. The van der Waals surface area contributed by atoms with E-state index in [4.69, 9.17) is 4.43 Å². The van der Waals surface area contributed by atoms with Crippen molar-refractivity contribution in [2.45, 2.75) is 44.7 Å².